The number of hydrogen-bond donors (Lipinski definition) is 2. The van der Waals surface area contributed by atoms with Crippen molar-refractivity contribution in [2.24, 2.45) is 0 Å². The number of hydrogen-bond acceptors (Lipinski definition) is 8. The predicted octanol–water partition coefficient (Wildman–Crippen LogP) is 3.20. The molecule has 0 saturated carbocycles. The zero-order valence-corrected chi connectivity index (χ0v) is 21.0. The SMILES string of the molecule is C.COC[C@H]1CCCN1C[C@@H](NC(=O)CCOc1ccc(OC)cc1)[C@H](O)c1ccc2c(c1)OCCO2. The maximum atomic E-state index is 12.9. The van der Waals surface area contributed by atoms with Crippen LogP contribution in [0.15, 0.2) is 42.5 Å². The summed E-state index contributed by atoms with van der Waals surface area (Å²) in [5.74, 6) is 2.48. The number of carbonyl (C=O) groups is 1. The Hall–Kier alpha value is -3.01. The normalized spacial score (nSPS) is 18.4. The maximum absolute atomic E-state index is 12.9. The zero-order chi connectivity index (χ0) is 25.3. The summed E-state index contributed by atoms with van der Waals surface area (Å²) in [5.41, 5.74) is 0.668. The lowest BCUT2D eigenvalue weighted by Crippen LogP contribution is -2.49. The van der Waals surface area contributed by atoms with Gasteiger partial charge < -0.3 is 34.1 Å². The monoisotopic (exact) mass is 516 g/mol. The predicted molar refractivity (Wildman–Crippen MR) is 141 cm³/mol. The molecule has 1 amide bonds. The second kappa shape index (κ2) is 14.1. The molecule has 0 unspecified atom stereocenters. The molecular formula is C28H40N2O7. The van der Waals surface area contributed by atoms with Crippen molar-refractivity contribution in [3.05, 3.63) is 48.0 Å². The Morgan fingerprint density at radius 1 is 1.11 bits per heavy atom. The summed E-state index contributed by atoms with van der Waals surface area (Å²) in [6.07, 6.45) is 1.34. The van der Waals surface area contributed by atoms with Gasteiger partial charge in [-0.05, 0) is 61.3 Å². The van der Waals surface area contributed by atoms with Crippen LogP contribution in [0.25, 0.3) is 0 Å². The van der Waals surface area contributed by atoms with Crippen molar-refractivity contribution in [2.45, 2.75) is 44.9 Å². The Bertz CT molecular complexity index is 985. The van der Waals surface area contributed by atoms with Crippen molar-refractivity contribution in [3.8, 4) is 23.0 Å². The maximum Gasteiger partial charge on any atom is 0.223 e. The van der Waals surface area contributed by atoms with Crippen LogP contribution in [-0.4, -0.2) is 81.7 Å². The van der Waals surface area contributed by atoms with Gasteiger partial charge in [-0.25, -0.2) is 0 Å². The topological polar surface area (TPSA) is 98.7 Å². The first-order chi connectivity index (χ1) is 17.6. The summed E-state index contributed by atoms with van der Waals surface area (Å²) < 4.78 is 27.6. The fraction of sp³-hybridized carbons (Fsp3) is 0.536. The van der Waals surface area contributed by atoms with Gasteiger partial charge in [0, 0.05) is 19.7 Å². The van der Waals surface area contributed by atoms with Crippen LogP contribution in [0, 0.1) is 0 Å². The van der Waals surface area contributed by atoms with E-state index in [1.54, 1.807) is 38.5 Å². The summed E-state index contributed by atoms with van der Waals surface area (Å²) in [6, 6.07) is 12.4. The molecule has 1 saturated heterocycles. The van der Waals surface area contributed by atoms with Gasteiger partial charge in [-0.2, -0.15) is 0 Å². The number of rotatable bonds is 12. The Morgan fingerprint density at radius 2 is 1.84 bits per heavy atom. The Kier molecular flexibility index (Phi) is 10.9. The third-order valence-corrected chi connectivity index (χ3v) is 6.58. The molecule has 0 bridgehead atoms. The first-order valence-corrected chi connectivity index (χ1v) is 12.4. The minimum absolute atomic E-state index is 0. The van der Waals surface area contributed by atoms with Gasteiger partial charge in [-0.15, -0.1) is 0 Å². The van der Waals surface area contributed by atoms with Crippen LogP contribution in [0.1, 0.15) is 38.4 Å². The van der Waals surface area contributed by atoms with E-state index < -0.39 is 12.1 Å². The molecule has 2 N–H and O–H groups in total. The molecule has 2 aromatic rings. The molecule has 2 aliphatic rings. The molecule has 1 fully saturated rings. The van der Waals surface area contributed by atoms with Gasteiger partial charge in [0.05, 0.1) is 32.8 Å². The van der Waals surface area contributed by atoms with E-state index in [1.807, 2.05) is 18.2 Å². The van der Waals surface area contributed by atoms with Crippen LogP contribution in [0.4, 0.5) is 0 Å². The summed E-state index contributed by atoms with van der Waals surface area (Å²) in [6.45, 7) is 3.22. The average Bonchev–Trinajstić information content (AvgIpc) is 3.34. The number of nitrogens with one attached hydrogen (secondary N) is 1. The molecular weight excluding hydrogens is 476 g/mol. The lowest BCUT2D eigenvalue weighted by atomic mass is 10.00. The van der Waals surface area contributed by atoms with Crippen LogP contribution >= 0.6 is 0 Å². The van der Waals surface area contributed by atoms with Crippen molar-refractivity contribution < 1.29 is 33.6 Å². The van der Waals surface area contributed by atoms with Crippen LogP contribution in [0.5, 0.6) is 23.0 Å². The first-order valence-electron chi connectivity index (χ1n) is 12.4. The molecule has 0 radical (unpaired) electrons. The van der Waals surface area contributed by atoms with E-state index in [1.165, 1.54) is 0 Å². The number of aliphatic hydroxyl groups is 1. The number of amides is 1. The molecule has 2 heterocycles. The van der Waals surface area contributed by atoms with Crippen molar-refractivity contribution in [2.75, 3.05) is 53.7 Å². The molecule has 4 rings (SSSR count). The second-order valence-corrected chi connectivity index (χ2v) is 9.04. The third kappa shape index (κ3) is 7.74. The number of fused-ring (bicyclic) bond motifs is 1. The minimum atomic E-state index is -0.920. The van der Waals surface area contributed by atoms with E-state index in [2.05, 4.69) is 10.2 Å². The second-order valence-electron chi connectivity index (χ2n) is 9.04. The molecule has 9 nitrogen and oxygen atoms in total. The van der Waals surface area contributed by atoms with Gasteiger partial charge in [0.25, 0.3) is 0 Å². The van der Waals surface area contributed by atoms with E-state index in [9.17, 15) is 9.90 Å². The van der Waals surface area contributed by atoms with Crippen molar-refractivity contribution in [3.63, 3.8) is 0 Å². The number of carbonyl (C=O) groups excluding carboxylic acids is 1. The molecule has 204 valence electrons. The fourth-order valence-corrected chi connectivity index (χ4v) is 4.68. The van der Waals surface area contributed by atoms with Crippen molar-refractivity contribution >= 4 is 5.91 Å². The minimum Gasteiger partial charge on any atom is -0.497 e. The van der Waals surface area contributed by atoms with Gasteiger partial charge in [-0.1, -0.05) is 13.5 Å². The quantitative estimate of drug-likeness (QED) is 0.444. The smallest absolute Gasteiger partial charge is 0.223 e. The lowest BCUT2D eigenvalue weighted by Gasteiger charge is -2.32. The summed E-state index contributed by atoms with van der Waals surface area (Å²) in [4.78, 5) is 15.2. The molecule has 3 atom stereocenters. The Morgan fingerprint density at radius 3 is 2.57 bits per heavy atom. The van der Waals surface area contributed by atoms with E-state index >= 15 is 0 Å². The van der Waals surface area contributed by atoms with Gasteiger partial charge in [-0.3, -0.25) is 9.69 Å². The highest BCUT2D eigenvalue weighted by atomic mass is 16.6. The van der Waals surface area contributed by atoms with E-state index in [0.717, 1.165) is 25.1 Å². The number of aliphatic hydroxyl groups excluding tert-OH is 1. The number of ether oxygens (including phenoxy) is 5. The van der Waals surface area contributed by atoms with Crippen LogP contribution < -0.4 is 24.3 Å². The molecule has 9 heteroatoms. The molecule has 0 spiro atoms. The van der Waals surface area contributed by atoms with E-state index in [-0.39, 0.29) is 32.4 Å². The Balaban J connectivity index is 0.00000380. The van der Waals surface area contributed by atoms with Gasteiger partial charge in [0.15, 0.2) is 11.5 Å². The van der Waals surface area contributed by atoms with E-state index in [4.69, 9.17) is 23.7 Å². The van der Waals surface area contributed by atoms with Crippen molar-refractivity contribution in [1.29, 1.82) is 0 Å². The van der Waals surface area contributed by atoms with Gasteiger partial charge >= 0.3 is 0 Å². The highest BCUT2D eigenvalue weighted by Crippen LogP contribution is 2.34. The van der Waals surface area contributed by atoms with Crippen LogP contribution in [0.3, 0.4) is 0 Å². The number of benzene rings is 2. The molecule has 0 aromatic heterocycles. The standard InChI is InChI=1S/C27H36N2O7.CH4/c1-32-18-20-4-3-12-29(20)17-23(27(31)19-5-10-24-25(16-19)36-15-14-35-24)28-26(30)11-13-34-22-8-6-21(33-2)7-9-22;/h5-10,16,20,23,27,31H,3-4,11-15,17-18H2,1-2H3,(H,28,30);1H4/t20-,23-,27-;/m1./s1. The van der Waals surface area contributed by atoms with Crippen molar-refractivity contribution in [1.82, 2.24) is 10.2 Å². The largest absolute Gasteiger partial charge is 0.497 e. The van der Waals surface area contributed by atoms with Gasteiger partial charge in [0.2, 0.25) is 5.91 Å². The number of methoxy groups -OCH3 is 2. The summed E-state index contributed by atoms with van der Waals surface area (Å²) in [7, 11) is 3.30. The van der Waals surface area contributed by atoms with Crippen LogP contribution in [0.2, 0.25) is 0 Å². The summed E-state index contributed by atoms with van der Waals surface area (Å²) in [5, 5.41) is 14.4. The lowest BCUT2D eigenvalue weighted by molar-refractivity contribution is -0.123. The first kappa shape index (κ1) is 28.6. The molecule has 0 aliphatic carbocycles. The molecule has 2 aromatic carbocycles. The molecule has 2 aliphatic heterocycles. The zero-order valence-electron chi connectivity index (χ0n) is 21.0. The highest BCUT2D eigenvalue weighted by Gasteiger charge is 2.31. The average molecular weight is 517 g/mol. The highest BCUT2D eigenvalue weighted by molar-refractivity contribution is 5.76. The number of nitrogens with zero attached hydrogens (tertiary/aromatic N) is 1. The molecule has 37 heavy (non-hydrogen) atoms. The van der Waals surface area contributed by atoms with E-state index in [0.29, 0.717) is 49.2 Å². The summed E-state index contributed by atoms with van der Waals surface area (Å²) >= 11 is 0. The third-order valence-electron chi connectivity index (χ3n) is 6.58. The fourth-order valence-electron chi connectivity index (χ4n) is 4.68. The number of likely N-dealkylation sites (tertiary alicyclic amines) is 1. The Labute approximate surface area is 219 Å². The van der Waals surface area contributed by atoms with Crippen LogP contribution in [-0.2, 0) is 9.53 Å². The van der Waals surface area contributed by atoms with Gasteiger partial charge in [0.1, 0.15) is 30.8 Å².